The summed E-state index contributed by atoms with van der Waals surface area (Å²) in [7, 11) is 0. The molecule has 1 saturated heterocycles. The van der Waals surface area contributed by atoms with Crippen LogP contribution in [0.15, 0.2) is 18.2 Å². The molecule has 6 heteroatoms. The number of halogens is 1. The van der Waals surface area contributed by atoms with Crippen LogP contribution in [0.3, 0.4) is 0 Å². The van der Waals surface area contributed by atoms with E-state index in [1.54, 1.807) is 11.0 Å². The number of nitrogens with zero attached hydrogens (tertiary/aromatic N) is 1. The summed E-state index contributed by atoms with van der Waals surface area (Å²) in [4.78, 5) is 13.1. The van der Waals surface area contributed by atoms with Crippen LogP contribution in [0.2, 0.25) is 5.02 Å². The van der Waals surface area contributed by atoms with Crippen molar-refractivity contribution in [2.24, 2.45) is 5.73 Å². The van der Waals surface area contributed by atoms with E-state index in [1.165, 1.54) is 0 Å². The number of rotatable bonds is 5. The highest BCUT2D eigenvalue weighted by atomic mass is 35.5. The van der Waals surface area contributed by atoms with Crippen molar-refractivity contribution in [3.63, 3.8) is 0 Å². The van der Waals surface area contributed by atoms with Crippen LogP contribution in [0.1, 0.15) is 18.5 Å². The third kappa shape index (κ3) is 3.52. The molecule has 1 aliphatic heterocycles. The van der Waals surface area contributed by atoms with Gasteiger partial charge in [0.05, 0.1) is 6.54 Å². The lowest BCUT2D eigenvalue weighted by atomic mass is 10.1. The normalized spacial score (nSPS) is 16.4. The van der Waals surface area contributed by atoms with Gasteiger partial charge < -0.3 is 20.7 Å². The van der Waals surface area contributed by atoms with E-state index in [9.17, 15) is 4.79 Å². The summed E-state index contributed by atoms with van der Waals surface area (Å²) in [5, 5.41) is 3.39. The van der Waals surface area contributed by atoms with Crippen molar-refractivity contribution < 1.29 is 9.53 Å². The molecular weight excluding hydrogens is 266 g/mol. The standard InChI is InChI=1S/C13H18ClN3O2/c1-9(15)11-8-10(14)2-3-12(11)19-7-6-17-5-4-16-13(17)18/h2-3,8-9H,4-7,15H2,1H3,(H,16,18)/t9-/m0/s1. The van der Waals surface area contributed by atoms with E-state index < -0.39 is 0 Å². The first-order valence-corrected chi connectivity index (χ1v) is 6.66. The van der Waals surface area contributed by atoms with Crippen molar-refractivity contribution in [1.29, 1.82) is 0 Å². The van der Waals surface area contributed by atoms with E-state index >= 15 is 0 Å². The molecule has 0 unspecified atom stereocenters. The minimum Gasteiger partial charge on any atom is -0.491 e. The SMILES string of the molecule is C[C@H](N)c1cc(Cl)ccc1OCCN1CCNC1=O. The van der Waals surface area contributed by atoms with Crippen molar-refractivity contribution in [3.05, 3.63) is 28.8 Å². The monoisotopic (exact) mass is 283 g/mol. The van der Waals surface area contributed by atoms with Crippen LogP contribution >= 0.6 is 11.6 Å². The topological polar surface area (TPSA) is 67.6 Å². The molecule has 1 aromatic rings. The minimum absolute atomic E-state index is 0.0351. The first-order chi connectivity index (χ1) is 9.08. The Kier molecular flexibility index (Phi) is 4.50. The average molecular weight is 284 g/mol. The van der Waals surface area contributed by atoms with E-state index in [0.29, 0.717) is 24.7 Å². The van der Waals surface area contributed by atoms with Gasteiger partial charge in [-0.2, -0.15) is 0 Å². The molecule has 1 aromatic carbocycles. The van der Waals surface area contributed by atoms with Gasteiger partial charge in [-0.25, -0.2) is 4.79 Å². The van der Waals surface area contributed by atoms with Crippen LogP contribution in [0.4, 0.5) is 4.79 Å². The largest absolute Gasteiger partial charge is 0.491 e. The van der Waals surface area contributed by atoms with Gasteiger partial charge in [0.25, 0.3) is 0 Å². The van der Waals surface area contributed by atoms with Crippen LogP contribution in [-0.2, 0) is 0 Å². The highest BCUT2D eigenvalue weighted by Crippen LogP contribution is 2.27. The Morgan fingerprint density at radius 2 is 2.37 bits per heavy atom. The summed E-state index contributed by atoms with van der Waals surface area (Å²) < 4.78 is 5.70. The molecule has 19 heavy (non-hydrogen) atoms. The van der Waals surface area contributed by atoms with Crippen molar-refractivity contribution >= 4 is 17.6 Å². The maximum atomic E-state index is 11.4. The lowest BCUT2D eigenvalue weighted by Gasteiger charge is -2.17. The third-order valence-electron chi connectivity index (χ3n) is 3.03. The van der Waals surface area contributed by atoms with Crippen molar-refractivity contribution in [3.8, 4) is 5.75 Å². The summed E-state index contributed by atoms with van der Waals surface area (Å²) in [6.45, 7) is 4.31. The zero-order valence-corrected chi connectivity index (χ0v) is 11.6. The van der Waals surface area contributed by atoms with Crippen LogP contribution in [0.5, 0.6) is 5.75 Å². The predicted octanol–water partition coefficient (Wildman–Crippen LogP) is 1.76. The zero-order valence-electron chi connectivity index (χ0n) is 10.9. The van der Waals surface area contributed by atoms with E-state index in [-0.39, 0.29) is 12.1 Å². The van der Waals surface area contributed by atoms with Crippen LogP contribution in [0.25, 0.3) is 0 Å². The molecule has 104 valence electrons. The lowest BCUT2D eigenvalue weighted by molar-refractivity contribution is 0.202. The molecule has 0 aromatic heterocycles. The van der Waals surface area contributed by atoms with Crippen molar-refractivity contribution in [2.75, 3.05) is 26.2 Å². The molecular formula is C13H18ClN3O2. The number of ether oxygens (including phenoxy) is 1. The number of benzene rings is 1. The van der Waals surface area contributed by atoms with Gasteiger partial charge in [0.2, 0.25) is 0 Å². The molecule has 1 aliphatic rings. The summed E-state index contributed by atoms with van der Waals surface area (Å²) in [5.74, 6) is 0.721. The van der Waals surface area contributed by atoms with Crippen LogP contribution < -0.4 is 15.8 Å². The Bertz CT molecular complexity index is 465. The fraction of sp³-hybridized carbons (Fsp3) is 0.462. The van der Waals surface area contributed by atoms with E-state index in [2.05, 4.69) is 5.32 Å². The molecule has 3 N–H and O–H groups in total. The van der Waals surface area contributed by atoms with E-state index in [1.807, 2.05) is 19.1 Å². The zero-order chi connectivity index (χ0) is 13.8. The highest BCUT2D eigenvalue weighted by Gasteiger charge is 2.19. The second-order valence-corrected chi connectivity index (χ2v) is 4.97. The summed E-state index contributed by atoms with van der Waals surface area (Å²) in [5.41, 5.74) is 6.76. The van der Waals surface area contributed by atoms with Gasteiger partial charge in [-0.05, 0) is 25.1 Å². The average Bonchev–Trinajstić information content (AvgIpc) is 2.77. The minimum atomic E-state index is -0.149. The Labute approximate surface area is 117 Å². The number of hydrogen-bond donors (Lipinski definition) is 2. The summed E-state index contributed by atoms with van der Waals surface area (Å²) in [6, 6.07) is 5.21. The molecule has 0 spiro atoms. The molecule has 1 fully saturated rings. The molecule has 1 heterocycles. The summed E-state index contributed by atoms with van der Waals surface area (Å²) >= 11 is 5.95. The first kappa shape index (κ1) is 14.0. The van der Waals surface area contributed by atoms with Gasteiger partial charge in [0.15, 0.2) is 0 Å². The van der Waals surface area contributed by atoms with Crippen molar-refractivity contribution in [1.82, 2.24) is 10.2 Å². The molecule has 0 radical (unpaired) electrons. The Morgan fingerprint density at radius 3 is 3.00 bits per heavy atom. The quantitative estimate of drug-likeness (QED) is 0.865. The lowest BCUT2D eigenvalue weighted by Crippen LogP contribution is -2.32. The maximum absolute atomic E-state index is 11.4. The Hall–Kier alpha value is -1.46. The van der Waals surface area contributed by atoms with Gasteiger partial charge in [-0.3, -0.25) is 0 Å². The molecule has 1 atom stereocenters. The number of carbonyl (C=O) groups excluding carboxylic acids is 1. The van der Waals surface area contributed by atoms with E-state index in [4.69, 9.17) is 22.1 Å². The first-order valence-electron chi connectivity index (χ1n) is 6.28. The Morgan fingerprint density at radius 1 is 1.58 bits per heavy atom. The number of nitrogens with two attached hydrogens (primary N) is 1. The smallest absolute Gasteiger partial charge is 0.317 e. The molecule has 5 nitrogen and oxygen atoms in total. The van der Waals surface area contributed by atoms with Gasteiger partial charge in [0.1, 0.15) is 12.4 Å². The summed E-state index contributed by atoms with van der Waals surface area (Å²) in [6.07, 6.45) is 0. The molecule has 0 bridgehead atoms. The second-order valence-electron chi connectivity index (χ2n) is 4.54. The Balaban J connectivity index is 1.93. The fourth-order valence-electron chi connectivity index (χ4n) is 2.00. The number of amides is 2. The molecule has 2 amide bonds. The van der Waals surface area contributed by atoms with Gasteiger partial charge in [0, 0.05) is 29.7 Å². The molecule has 0 aliphatic carbocycles. The van der Waals surface area contributed by atoms with Gasteiger partial charge in [-0.15, -0.1) is 0 Å². The van der Waals surface area contributed by atoms with Crippen LogP contribution in [-0.4, -0.2) is 37.2 Å². The highest BCUT2D eigenvalue weighted by molar-refractivity contribution is 6.30. The third-order valence-corrected chi connectivity index (χ3v) is 3.26. The maximum Gasteiger partial charge on any atom is 0.317 e. The van der Waals surface area contributed by atoms with Gasteiger partial charge >= 0.3 is 6.03 Å². The number of carbonyl (C=O) groups is 1. The number of hydrogen-bond acceptors (Lipinski definition) is 3. The number of urea groups is 1. The van der Waals surface area contributed by atoms with Crippen molar-refractivity contribution in [2.45, 2.75) is 13.0 Å². The van der Waals surface area contributed by atoms with E-state index in [0.717, 1.165) is 17.9 Å². The second kappa shape index (κ2) is 6.12. The van der Waals surface area contributed by atoms with Crippen LogP contribution in [0, 0.1) is 0 Å². The predicted molar refractivity (Wildman–Crippen MR) is 74.5 cm³/mol. The number of nitrogens with one attached hydrogen (secondary N) is 1. The van der Waals surface area contributed by atoms with Gasteiger partial charge in [-0.1, -0.05) is 11.6 Å². The molecule has 0 saturated carbocycles. The molecule has 2 rings (SSSR count). The fourth-order valence-corrected chi connectivity index (χ4v) is 2.18.